The Labute approximate surface area is 136 Å². The van der Waals surface area contributed by atoms with Crippen molar-refractivity contribution in [3.63, 3.8) is 0 Å². The van der Waals surface area contributed by atoms with E-state index in [1.54, 1.807) is 0 Å². The van der Waals surface area contributed by atoms with Gasteiger partial charge in [0, 0.05) is 44.4 Å². The Hall–Kier alpha value is 0.802. The first-order valence-electron chi connectivity index (χ1n) is 1.79. The molecule has 0 aromatic carbocycles. The molecule has 0 aromatic rings. The number of hydrogen-bond acceptors (Lipinski definition) is 8. The molecule has 75 valence electrons. The molecule has 0 N–H and O–H groups in total. The van der Waals surface area contributed by atoms with Gasteiger partial charge in [0.25, 0.3) is 0 Å². The van der Waals surface area contributed by atoms with E-state index in [1.807, 2.05) is 0 Å². The summed E-state index contributed by atoms with van der Waals surface area (Å²) in [6, 6.07) is 0. The first kappa shape index (κ1) is 36.4. The molecule has 0 bridgehead atoms. The number of rotatable bonds is 0. The van der Waals surface area contributed by atoms with Crippen molar-refractivity contribution in [1.82, 2.24) is 0 Å². The van der Waals surface area contributed by atoms with Gasteiger partial charge in [-0.15, -0.1) is 0 Å². The van der Waals surface area contributed by atoms with Crippen molar-refractivity contribution in [2.75, 3.05) is 0 Å². The Morgan fingerprint density at radius 2 is 0.571 bits per heavy atom. The van der Waals surface area contributed by atoms with Crippen LogP contribution in [0.4, 0.5) is 0 Å². The van der Waals surface area contributed by atoms with Crippen LogP contribution in [0.3, 0.4) is 0 Å². The topological polar surface area (TPSA) is 95.2 Å². The van der Waals surface area contributed by atoms with Crippen molar-refractivity contribution in [2.24, 2.45) is 0 Å². The molecule has 0 atom stereocenters. The van der Waals surface area contributed by atoms with Crippen LogP contribution in [0.25, 0.3) is 0 Å². The van der Waals surface area contributed by atoms with Gasteiger partial charge in [-0.1, -0.05) is 50.5 Å². The summed E-state index contributed by atoms with van der Waals surface area (Å²) >= 11 is 12.4. The van der Waals surface area contributed by atoms with Crippen molar-refractivity contribution in [3.8, 4) is 21.6 Å². The van der Waals surface area contributed by atoms with E-state index in [2.05, 4.69) is 50.5 Å². The maximum Gasteiger partial charge on any atom is 0.130 e. The molecule has 0 spiro atoms. The van der Waals surface area contributed by atoms with Gasteiger partial charge in [0.1, 0.15) is 21.6 Å². The SMILES string of the molecule is N#CS.N#CS.N#CS.N#CS.[Co].[Hg]. The third kappa shape index (κ3) is 2780. The predicted octanol–water partition coefficient (Wildman–Crippen LogP) is 1.58. The van der Waals surface area contributed by atoms with Gasteiger partial charge in [0.2, 0.25) is 0 Å². The van der Waals surface area contributed by atoms with Crippen LogP contribution in [0.15, 0.2) is 0 Å². The van der Waals surface area contributed by atoms with Crippen molar-refractivity contribution in [1.29, 1.82) is 21.0 Å². The maximum absolute atomic E-state index is 7.18. The van der Waals surface area contributed by atoms with E-state index in [-0.39, 0.29) is 44.4 Å². The summed E-state index contributed by atoms with van der Waals surface area (Å²) in [4.78, 5) is 0. The average molecular weight is 496 g/mol. The number of nitriles is 4. The minimum atomic E-state index is 0. The molecule has 0 rings (SSSR count). The van der Waals surface area contributed by atoms with Gasteiger partial charge in [-0.2, -0.15) is 21.0 Å². The molecule has 10 heteroatoms. The maximum atomic E-state index is 7.18. The second-order valence-electron chi connectivity index (χ2n) is 0.400. The third-order valence-corrected chi connectivity index (χ3v) is 0. The van der Waals surface area contributed by atoms with Crippen molar-refractivity contribution in [2.45, 2.75) is 0 Å². The molecular formula is C4H4CoHgN4S4. The Kier molecular flexibility index (Phi) is 255. The zero-order valence-electron chi connectivity index (χ0n) is 6.62. The molecule has 0 heterocycles. The molecule has 0 aliphatic carbocycles. The van der Waals surface area contributed by atoms with Gasteiger partial charge in [0.15, 0.2) is 0 Å². The normalized spacial score (nSPS) is 2.29. The molecule has 14 heavy (non-hydrogen) atoms. The predicted molar refractivity (Wildman–Crippen MR) is 58.4 cm³/mol. The number of thiol groups is 4. The van der Waals surface area contributed by atoms with Crippen LogP contribution in [-0.4, -0.2) is 0 Å². The van der Waals surface area contributed by atoms with Gasteiger partial charge >= 0.3 is 0 Å². The fourth-order valence-electron chi connectivity index (χ4n) is 0. The summed E-state index contributed by atoms with van der Waals surface area (Å²) in [5, 5.41) is 34.5. The third-order valence-electron chi connectivity index (χ3n) is 0. The standard InChI is InChI=1S/4CHNS.Co.Hg/c4*2-1-3;;/h4*3H;;. The zero-order chi connectivity index (χ0) is 10.8. The van der Waals surface area contributed by atoms with E-state index >= 15 is 0 Å². The Morgan fingerprint density at radius 3 is 0.571 bits per heavy atom. The number of thiocyanates is 4. The molecule has 1 radical (unpaired) electrons. The molecular weight excluding hydrogens is 492 g/mol. The van der Waals surface area contributed by atoms with Gasteiger partial charge < -0.3 is 0 Å². The van der Waals surface area contributed by atoms with Crippen LogP contribution in [0, 0.1) is 42.7 Å². The summed E-state index contributed by atoms with van der Waals surface area (Å²) < 4.78 is 0. The average Bonchev–Trinajstić information content (AvgIpc) is 1.92. The fraction of sp³-hybridized carbons (Fsp3) is 0. The van der Waals surface area contributed by atoms with E-state index in [9.17, 15) is 0 Å². The van der Waals surface area contributed by atoms with E-state index in [0.29, 0.717) is 0 Å². The molecule has 0 fully saturated rings. The van der Waals surface area contributed by atoms with Crippen molar-refractivity contribution < 1.29 is 44.4 Å². The van der Waals surface area contributed by atoms with Crippen LogP contribution in [0.1, 0.15) is 0 Å². The zero-order valence-corrected chi connectivity index (χ0v) is 16.7. The van der Waals surface area contributed by atoms with Crippen LogP contribution in [-0.2, 0) is 44.4 Å². The summed E-state index contributed by atoms with van der Waals surface area (Å²) in [6.07, 6.45) is 0. The monoisotopic (exact) mass is 497 g/mol. The van der Waals surface area contributed by atoms with Crippen LogP contribution < -0.4 is 0 Å². The van der Waals surface area contributed by atoms with Crippen LogP contribution in [0.2, 0.25) is 0 Å². The first-order chi connectivity index (χ1) is 5.66. The quantitative estimate of drug-likeness (QED) is 0.233. The molecule has 0 saturated heterocycles. The molecule has 0 aromatic heterocycles. The Morgan fingerprint density at radius 1 is 0.571 bits per heavy atom. The molecule has 0 amide bonds. The van der Waals surface area contributed by atoms with E-state index in [4.69, 9.17) is 21.0 Å². The summed E-state index contributed by atoms with van der Waals surface area (Å²) in [5.41, 5.74) is 0. The molecule has 0 saturated carbocycles. The smallest absolute Gasteiger partial charge is 0.130 e. The molecule has 0 aliphatic heterocycles. The van der Waals surface area contributed by atoms with Crippen LogP contribution in [0.5, 0.6) is 0 Å². The molecule has 0 unspecified atom stereocenters. The second-order valence-corrected chi connectivity index (χ2v) is 1.20. The van der Waals surface area contributed by atoms with Gasteiger partial charge in [0.05, 0.1) is 0 Å². The molecule has 0 aliphatic rings. The minimum absolute atomic E-state index is 0. The van der Waals surface area contributed by atoms with Gasteiger partial charge in [-0.05, 0) is 0 Å². The van der Waals surface area contributed by atoms with Crippen LogP contribution >= 0.6 is 50.5 Å². The molecule has 4 nitrogen and oxygen atoms in total. The summed E-state index contributed by atoms with van der Waals surface area (Å²) in [5.74, 6) is 0. The van der Waals surface area contributed by atoms with E-state index in [1.165, 1.54) is 21.6 Å². The van der Waals surface area contributed by atoms with Gasteiger partial charge in [-0.25, -0.2) is 0 Å². The second kappa shape index (κ2) is 98.1. The fourth-order valence-corrected chi connectivity index (χ4v) is 0. The van der Waals surface area contributed by atoms with E-state index in [0.717, 1.165) is 0 Å². The minimum Gasteiger partial charge on any atom is -0.185 e. The van der Waals surface area contributed by atoms with E-state index < -0.39 is 0 Å². The Balaban J connectivity index is -0.0000000145. The van der Waals surface area contributed by atoms with Crippen molar-refractivity contribution >= 4 is 50.5 Å². The first-order valence-corrected chi connectivity index (χ1v) is 3.58. The number of hydrogen-bond donors (Lipinski definition) is 4. The summed E-state index contributed by atoms with van der Waals surface area (Å²) in [6.45, 7) is 0. The summed E-state index contributed by atoms with van der Waals surface area (Å²) in [7, 11) is 0. The van der Waals surface area contributed by atoms with Crippen molar-refractivity contribution in [3.05, 3.63) is 0 Å². The Bertz CT molecular complexity index is 163. The number of nitrogens with zero attached hydrogens (tertiary/aromatic N) is 4. The van der Waals surface area contributed by atoms with Gasteiger partial charge in [-0.3, -0.25) is 0 Å². The largest absolute Gasteiger partial charge is 0.185 e.